The molecule has 0 aromatic rings. The van der Waals surface area contributed by atoms with Crippen molar-refractivity contribution in [1.29, 1.82) is 0 Å². The van der Waals surface area contributed by atoms with Gasteiger partial charge in [-0.1, -0.05) is 6.92 Å². The van der Waals surface area contributed by atoms with Crippen molar-refractivity contribution in [3.63, 3.8) is 0 Å². The van der Waals surface area contributed by atoms with Crippen molar-refractivity contribution in [3.05, 3.63) is 0 Å². The number of aliphatic hydroxyl groups excluding tert-OH is 1. The second-order valence-electron chi connectivity index (χ2n) is 2.86. The van der Waals surface area contributed by atoms with Gasteiger partial charge in [0.15, 0.2) is 0 Å². The summed E-state index contributed by atoms with van der Waals surface area (Å²) in [6.45, 7) is 2.11. The second-order valence-corrected chi connectivity index (χ2v) is 2.86. The lowest BCUT2D eigenvalue weighted by Gasteiger charge is -2.02. The molecule has 1 fully saturated rings. The minimum Gasteiger partial charge on any atom is -0.394 e. The Kier molecular flexibility index (Phi) is 2.84. The predicted molar refractivity (Wildman–Crippen MR) is 38.5 cm³/mol. The van der Waals surface area contributed by atoms with Crippen LogP contribution in [0.15, 0.2) is 0 Å². The molecule has 0 spiro atoms. The van der Waals surface area contributed by atoms with Crippen molar-refractivity contribution in [3.8, 4) is 0 Å². The molecule has 4 heteroatoms. The Labute approximate surface area is 65.5 Å². The van der Waals surface area contributed by atoms with Gasteiger partial charge < -0.3 is 5.11 Å². The summed E-state index contributed by atoms with van der Waals surface area (Å²) in [5.74, 6) is 0.562. The molecule has 0 bridgehead atoms. The van der Waals surface area contributed by atoms with Crippen LogP contribution in [0, 0.1) is 11.8 Å². The van der Waals surface area contributed by atoms with Crippen LogP contribution in [0.1, 0.15) is 13.3 Å². The van der Waals surface area contributed by atoms with Crippen molar-refractivity contribution in [1.82, 2.24) is 5.48 Å². The lowest BCUT2D eigenvalue weighted by Crippen LogP contribution is -2.26. The standard InChI is InChI=1S/C7H13NO3/c1-5-4-6(5)7(10)8-11-3-2-9/h5-6,9H,2-4H2,1H3,(H,8,10)/t5-,6-/m1/s1. The van der Waals surface area contributed by atoms with Gasteiger partial charge in [0.05, 0.1) is 13.2 Å². The molecule has 11 heavy (non-hydrogen) atoms. The van der Waals surface area contributed by atoms with Crippen LogP contribution < -0.4 is 5.48 Å². The van der Waals surface area contributed by atoms with Gasteiger partial charge in [0.2, 0.25) is 5.91 Å². The molecule has 1 aliphatic rings. The van der Waals surface area contributed by atoms with E-state index in [4.69, 9.17) is 5.11 Å². The molecule has 64 valence electrons. The van der Waals surface area contributed by atoms with E-state index in [-0.39, 0.29) is 25.0 Å². The van der Waals surface area contributed by atoms with E-state index in [1.165, 1.54) is 0 Å². The first-order valence-electron chi connectivity index (χ1n) is 3.78. The Morgan fingerprint density at radius 3 is 2.91 bits per heavy atom. The van der Waals surface area contributed by atoms with Gasteiger partial charge in [0.1, 0.15) is 0 Å². The largest absolute Gasteiger partial charge is 0.394 e. The average Bonchev–Trinajstić information content (AvgIpc) is 2.67. The molecule has 0 heterocycles. The monoisotopic (exact) mass is 159 g/mol. The highest BCUT2D eigenvalue weighted by molar-refractivity contribution is 5.80. The number of carbonyl (C=O) groups is 1. The summed E-state index contributed by atoms with van der Waals surface area (Å²) in [7, 11) is 0. The third-order valence-electron chi connectivity index (χ3n) is 1.81. The fourth-order valence-electron chi connectivity index (χ4n) is 0.931. The SMILES string of the molecule is C[C@@H]1C[C@H]1C(=O)NOCCO. The molecule has 0 unspecified atom stereocenters. The predicted octanol–water partition coefficient (Wildman–Crippen LogP) is -0.318. The van der Waals surface area contributed by atoms with Crippen LogP contribution in [0.2, 0.25) is 0 Å². The molecule has 1 amide bonds. The summed E-state index contributed by atoms with van der Waals surface area (Å²) in [4.78, 5) is 15.6. The van der Waals surface area contributed by atoms with E-state index in [1.807, 2.05) is 6.92 Å². The van der Waals surface area contributed by atoms with E-state index in [9.17, 15) is 4.79 Å². The fraction of sp³-hybridized carbons (Fsp3) is 0.857. The van der Waals surface area contributed by atoms with E-state index < -0.39 is 0 Å². The minimum absolute atomic E-state index is 0.0639. The Balaban J connectivity index is 2.03. The quantitative estimate of drug-likeness (QED) is 0.436. The highest BCUT2D eigenvalue weighted by atomic mass is 16.7. The molecule has 4 nitrogen and oxygen atoms in total. The van der Waals surface area contributed by atoms with Crippen molar-refractivity contribution in [2.75, 3.05) is 13.2 Å². The molecule has 1 aliphatic carbocycles. The van der Waals surface area contributed by atoms with E-state index in [0.29, 0.717) is 5.92 Å². The molecule has 2 atom stereocenters. The zero-order chi connectivity index (χ0) is 8.27. The van der Waals surface area contributed by atoms with E-state index in [2.05, 4.69) is 10.3 Å². The van der Waals surface area contributed by atoms with Gasteiger partial charge in [0.25, 0.3) is 0 Å². The Hall–Kier alpha value is -0.610. The van der Waals surface area contributed by atoms with Gasteiger partial charge in [-0.25, -0.2) is 5.48 Å². The zero-order valence-corrected chi connectivity index (χ0v) is 6.54. The molecular weight excluding hydrogens is 146 g/mol. The maximum Gasteiger partial charge on any atom is 0.246 e. The molecule has 0 aromatic heterocycles. The normalized spacial score (nSPS) is 28.2. The number of rotatable bonds is 4. The lowest BCUT2D eigenvalue weighted by molar-refractivity contribution is -0.135. The first-order chi connectivity index (χ1) is 5.25. The van der Waals surface area contributed by atoms with Crippen LogP contribution >= 0.6 is 0 Å². The van der Waals surface area contributed by atoms with Crippen LogP contribution in [-0.4, -0.2) is 24.2 Å². The molecule has 0 radical (unpaired) electrons. The van der Waals surface area contributed by atoms with Crippen LogP contribution in [0.4, 0.5) is 0 Å². The molecule has 1 saturated carbocycles. The zero-order valence-electron chi connectivity index (χ0n) is 6.54. The van der Waals surface area contributed by atoms with Crippen LogP contribution in [0.25, 0.3) is 0 Å². The van der Waals surface area contributed by atoms with Crippen molar-refractivity contribution >= 4 is 5.91 Å². The number of hydroxylamine groups is 1. The van der Waals surface area contributed by atoms with E-state index >= 15 is 0 Å². The summed E-state index contributed by atoms with van der Waals surface area (Å²) in [5, 5.41) is 8.31. The van der Waals surface area contributed by atoms with Gasteiger partial charge in [-0.2, -0.15) is 0 Å². The van der Waals surface area contributed by atoms with E-state index in [1.54, 1.807) is 0 Å². The van der Waals surface area contributed by atoms with Gasteiger partial charge in [0, 0.05) is 5.92 Å². The fourth-order valence-corrected chi connectivity index (χ4v) is 0.931. The number of hydrogen-bond donors (Lipinski definition) is 2. The number of aliphatic hydroxyl groups is 1. The van der Waals surface area contributed by atoms with Gasteiger partial charge >= 0.3 is 0 Å². The van der Waals surface area contributed by atoms with Gasteiger partial charge in [-0.15, -0.1) is 0 Å². The Morgan fingerprint density at radius 2 is 2.45 bits per heavy atom. The minimum atomic E-state index is -0.0689. The molecule has 0 saturated heterocycles. The number of carbonyl (C=O) groups excluding carboxylic acids is 1. The number of hydrogen-bond acceptors (Lipinski definition) is 3. The summed E-state index contributed by atoms with van der Waals surface area (Å²) in [6.07, 6.45) is 0.953. The van der Waals surface area contributed by atoms with Crippen molar-refractivity contribution in [2.45, 2.75) is 13.3 Å². The first-order valence-corrected chi connectivity index (χ1v) is 3.78. The highest BCUT2D eigenvalue weighted by Gasteiger charge is 2.39. The summed E-state index contributed by atoms with van der Waals surface area (Å²) < 4.78 is 0. The van der Waals surface area contributed by atoms with Crippen LogP contribution in [0.5, 0.6) is 0 Å². The average molecular weight is 159 g/mol. The second kappa shape index (κ2) is 3.69. The summed E-state index contributed by atoms with van der Waals surface area (Å²) in [6, 6.07) is 0. The first kappa shape index (κ1) is 8.49. The topological polar surface area (TPSA) is 58.6 Å². The lowest BCUT2D eigenvalue weighted by atomic mass is 10.3. The van der Waals surface area contributed by atoms with Crippen molar-refractivity contribution < 1.29 is 14.7 Å². The van der Waals surface area contributed by atoms with Gasteiger partial charge in [-0.05, 0) is 12.3 Å². The maximum absolute atomic E-state index is 11.0. The molecule has 0 aromatic carbocycles. The van der Waals surface area contributed by atoms with Crippen molar-refractivity contribution in [2.24, 2.45) is 11.8 Å². The highest BCUT2D eigenvalue weighted by Crippen LogP contribution is 2.37. The Bertz CT molecular complexity index is 149. The van der Waals surface area contributed by atoms with Crippen LogP contribution in [-0.2, 0) is 9.63 Å². The molecular formula is C7H13NO3. The smallest absolute Gasteiger partial charge is 0.246 e. The molecule has 2 N–H and O–H groups in total. The molecule has 0 aliphatic heterocycles. The van der Waals surface area contributed by atoms with Gasteiger partial charge in [-0.3, -0.25) is 9.63 Å². The molecule has 1 rings (SSSR count). The maximum atomic E-state index is 11.0. The summed E-state index contributed by atoms with van der Waals surface area (Å²) in [5.41, 5.74) is 2.28. The summed E-state index contributed by atoms with van der Waals surface area (Å²) >= 11 is 0. The third kappa shape index (κ3) is 2.48. The Morgan fingerprint density at radius 1 is 1.82 bits per heavy atom. The number of nitrogens with one attached hydrogen (secondary N) is 1. The van der Waals surface area contributed by atoms with E-state index in [0.717, 1.165) is 6.42 Å². The number of amides is 1. The van der Waals surface area contributed by atoms with Crippen LogP contribution in [0.3, 0.4) is 0 Å². The third-order valence-corrected chi connectivity index (χ3v) is 1.81.